The number of methoxy groups -OCH3 is 1. The van der Waals surface area contributed by atoms with Crippen molar-refractivity contribution in [3.05, 3.63) is 88.3 Å². The summed E-state index contributed by atoms with van der Waals surface area (Å²) in [6.07, 6.45) is 5.74. The Kier molecular flexibility index (Phi) is 8.93. The first-order valence-electron chi connectivity index (χ1n) is 12.3. The van der Waals surface area contributed by atoms with Crippen molar-refractivity contribution in [3.8, 4) is 0 Å². The molecule has 2 aliphatic rings. The lowest BCUT2D eigenvalue weighted by atomic mass is 9.91. The topological polar surface area (TPSA) is 129 Å². The molecular formula is C28H29ClN4O5. The molecule has 0 radical (unpaired) electrons. The molecule has 3 amide bonds. The van der Waals surface area contributed by atoms with E-state index in [2.05, 4.69) is 20.9 Å². The summed E-state index contributed by atoms with van der Waals surface area (Å²) in [6.45, 7) is -0.100. The van der Waals surface area contributed by atoms with Crippen LogP contribution in [0, 0.1) is 5.92 Å². The van der Waals surface area contributed by atoms with E-state index in [0.29, 0.717) is 24.6 Å². The third-order valence-electron chi connectivity index (χ3n) is 6.32. The Hall–Kier alpha value is -3.95. The number of hydrogen-bond donors (Lipinski definition) is 4. The number of halogens is 1. The number of carbonyl (C=O) groups is 3. The number of carbonyl (C=O) groups excluding carboxylic acids is 3. The summed E-state index contributed by atoms with van der Waals surface area (Å²) in [6, 6.07) is 13.5. The highest BCUT2D eigenvalue weighted by Crippen LogP contribution is 2.28. The Morgan fingerprint density at radius 2 is 1.95 bits per heavy atom. The standard InChI is InChI=1S/C28H29ClN4O5/c1-38-24-10-6-5-9-18-15-20(28(37)33-25(18)32-24)27(36)31-23-16-19(11-12-21(23)29)26(35)30-22(13-14-34)17-7-3-2-4-8-17/h2-4,7-12,16,20,22,34H,5-6,13-15H2,1H3,(H,30,35)(H,31,36)(H,32,33,37). The number of aliphatic hydroxyl groups is 1. The van der Waals surface area contributed by atoms with Gasteiger partial charge in [-0.1, -0.05) is 48.0 Å². The van der Waals surface area contributed by atoms with Crippen molar-refractivity contribution in [2.75, 3.05) is 19.0 Å². The zero-order chi connectivity index (χ0) is 27.1. The molecule has 4 rings (SSSR count). The Morgan fingerprint density at radius 1 is 1.18 bits per heavy atom. The number of amides is 3. The van der Waals surface area contributed by atoms with Crippen LogP contribution in [0.25, 0.3) is 0 Å². The van der Waals surface area contributed by atoms with Crippen molar-refractivity contribution in [1.29, 1.82) is 0 Å². The monoisotopic (exact) mass is 536 g/mol. The quantitative estimate of drug-likeness (QED) is 0.381. The van der Waals surface area contributed by atoms with Gasteiger partial charge in [0.05, 0.1) is 23.9 Å². The van der Waals surface area contributed by atoms with Gasteiger partial charge in [-0.2, -0.15) is 4.99 Å². The number of fused-ring (bicyclic) bond motifs is 1. The predicted octanol–water partition coefficient (Wildman–Crippen LogP) is 3.87. The molecule has 0 saturated carbocycles. The molecule has 198 valence electrons. The highest BCUT2D eigenvalue weighted by molar-refractivity contribution is 6.34. The molecule has 9 nitrogen and oxygen atoms in total. The van der Waals surface area contributed by atoms with Gasteiger partial charge in [-0.15, -0.1) is 0 Å². The Balaban J connectivity index is 1.48. The van der Waals surface area contributed by atoms with E-state index in [4.69, 9.17) is 16.3 Å². The van der Waals surface area contributed by atoms with E-state index >= 15 is 0 Å². The van der Waals surface area contributed by atoms with E-state index in [1.165, 1.54) is 19.2 Å². The average molecular weight is 537 g/mol. The molecular weight excluding hydrogens is 508 g/mol. The van der Waals surface area contributed by atoms with Crippen LogP contribution in [0.3, 0.4) is 0 Å². The van der Waals surface area contributed by atoms with Gasteiger partial charge in [0.1, 0.15) is 11.8 Å². The van der Waals surface area contributed by atoms with Gasteiger partial charge in [0.2, 0.25) is 17.7 Å². The highest BCUT2D eigenvalue weighted by Gasteiger charge is 2.35. The molecule has 2 aliphatic heterocycles. The van der Waals surface area contributed by atoms with E-state index in [1.54, 1.807) is 6.07 Å². The second-order valence-electron chi connectivity index (χ2n) is 8.89. The first kappa shape index (κ1) is 27.1. The van der Waals surface area contributed by atoms with Crippen LogP contribution in [0.4, 0.5) is 5.69 Å². The number of benzene rings is 2. The number of amidine groups is 1. The summed E-state index contributed by atoms with van der Waals surface area (Å²) >= 11 is 6.32. The van der Waals surface area contributed by atoms with Crippen molar-refractivity contribution in [1.82, 2.24) is 10.6 Å². The number of anilines is 1. The molecule has 2 aromatic carbocycles. The molecule has 0 bridgehead atoms. The molecule has 4 N–H and O–H groups in total. The minimum absolute atomic E-state index is 0.100. The summed E-state index contributed by atoms with van der Waals surface area (Å²) in [7, 11) is 1.51. The molecule has 2 unspecified atom stereocenters. The number of nitrogens with one attached hydrogen (secondary N) is 3. The Morgan fingerprint density at radius 3 is 2.68 bits per heavy atom. The summed E-state index contributed by atoms with van der Waals surface area (Å²) in [5, 5.41) is 18.0. The largest absolute Gasteiger partial charge is 0.481 e. The maximum Gasteiger partial charge on any atom is 0.251 e. The number of piperidine rings is 1. The van der Waals surface area contributed by atoms with Gasteiger partial charge in [-0.05, 0) is 61.1 Å². The van der Waals surface area contributed by atoms with Gasteiger partial charge in [0, 0.05) is 12.2 Å². The van der Waals surface area contributed by atoms with Gasteiger partial charge in [-0.25, -0.2) is 0 Å². The molecule has 2 aromatic rings. The van der Waals surface area contributed by atoms with Crippen molar-refractivity contribution in [2.45, 2.75) is 31.7 Å². The average Bonchev–Trinajstić information content (AvgIpc) is 2.91. The fourth-order valence-electron chi connectivity index (χ4n) is 4.29. The van der Waals surface area contributed by atoms with Gasteiger partial charge in [-0.3, -0.25) is 14.4 Å². The van der Waals surface area contributed by atoms with Gasteiger partial charge >= 0.3 is 0 Å². The smallest absolute Gasteiger partial charge is 0.251 e. The molecule has 1 saturated heterocycles. The molecule has 0 spiro atoms. The molecule has 1 fully saturated rings. The SMILES string of the molecule is COC1=CCCC=C2CC(C(=O)Nc3cc(C(=O)NC(CCO)c4ccccc4)ccc3Cl)C(=O)NC2=N1. The van der Waals surface area contributed by atoms with Crippen molar-refractivity contribution >= 4 is 40.8 Å². The molecule has 2 heterocycles. The van der Waals surface area contributed by atoms with Gasteiger partial charge in [0.25, 0.3) is 5.91 Å². The van der Waals surface area contributed by atoms with Gasteiger partial charge in [0.15, 0.2) is 0 Å². The highest BCUT2D eigenvalue weighted by atomic mass is 35.5. The normalized spacial score (nSPS) is 17.8. The molecule has 0 aliphatic carbocycles. The van der Waals surface area contributed by atoms with Gasteiger partial charge < -0.3 is 25.8 Å². The Labute approximate surface area is 225 Å². The number of rotatable bonds is 8. The number of nitrogens with zero attached hydrogens (tertiary/aromatic N) is 1. The van der Waals surface area contributed by atoms with E-state index in [9.17, 15) is 19.5 Å². The van der Waals surface area contributed by atoms with Crippen LogP contribution in [-0.2, 0) is 14.3 Å². The first-order valence-corrected chi connectivity index (χ1v) is 12.7. The summed E-state index contributed by atoms with van der Waals surface area (Å²) in [4.78, 5) is 43.3. The Bertz CT molecular complexity index is 1310. The molecule has 0 aromatic heterocycles. The van der Waals surface area contributed by atoms with Crippen LogP contribution < -0.4 is 16.0 Å². The third kappa shape index (κ3) is 6.48. The number of aliphatic imine (C=N–C) groups is 1. The molecule has 38 heavy (non-hydrogen) atoms. The number of hydrogen-bond acceptors (Lipinski definition) is 6. The lowest BCUT2D eigenvalue weighted by molar-refractivity contribution is -0.131. The fourth-order valence-corrected chi connectivity index (χ4v) is 4.46. The minimum atomic E-state index is -1.00. The summed E-state index contributed by atoms with van der Waals surface area (Å²) in [5.74, 6) is -1.65. The second kappa shape index (κ2) is 12.5. The number of allylic oxidation sites excluding steroid dienone is 2. The van der Waals surface area contributed by atoms with E-state index in [-0.39, 0.29) is 29.3 Å². The van der Waals surface area contributed by atoms with Crippen LogP contribution in [0.1, 0.15) is 47.6 Å². The number of aliphatic hydroxyl groups excluding tert-OH is 1. The third-order valence-corrected chi connectivity index (χ3v) is 6.65. The lowest BCUT2D eigenvalue weighted by Crippen LogP contribution is -2.47. The molecule has 2 atom stereocenters. The van der Waals surface area contributed by atoms with Crippen LogP contribution >= 0.6 is 11.6 Å². The summed E-state index contributed by atoms with van der Waals surface area (Å²) < 4.78 is 5.23. The van der Waals surface area contributed by atoms with E-state index in [1.807, 2.05) is 42.5 Å². The minimum Gasteiger partial charge on any atom is -0.481 e. The number of ether oxygens (including phenoxy) is 1. The summed E-state index contributed by atoms with van der Waals surface area (Å²) in [5.41, 5.74) is 2.10. The van der Waals surface area contributed by atoms with Crippen LogP contribution in [0.15, 0.2) is 77.1 Å². The van der Waals surface area contributed by atoms with Crippen molar-refractivity contribution in [3.63, 3.8) is 0 Å². The predicted molar refractivity (Wildman–Crippen MR) is 145 cm³/mol. The van der Waals surface area contributed by atoms with Crippen molar-refractivity contribution in [2.24, 2.45) is 10.9 Å². The van der Waals surface area contributed by atoms with E-state index in [0.717, 1.165) is 17.6 Å². The van der Waals surface area contributed by atoms with Crippen LogP contribution in [-0.4, -0.2) is 42.4 Å². The molecule has 10 heteroatoms. The maximum absolute atomic E-state index is 13.1. The first-order chi connectivity index (χ1) is 18.4. The fraction of sp³-hybridized carbons (Fsp3) is 0.286. The second-order valence-corrected chi connectivity index (χ2v) is 9.30. The van der Waals surface area contributed by atoms with Crippen molar-refractivity contribution < 1.29 is 24.2 Å². The zero-order valence-electron chi connectivity index (χ0n) is 20.9. The zero-order valence-corrected chi connectivity index (χ0v) is 21.6. The van der Waals surface area contributed by atoms with Crippen LogP contribution in [0.2, 0.25) is 5.02 Å². The van der Waals surface area contributed by atoms with E-state index < -0.39 is 29.7 Å². The van der Waals surface area contributed by atoms with Crippen LogP contribution in [0.5, 0.6) is 0 Å². The maximum atomic E-state index is 13.1. The lowest BCUT2D eigenvalue weighted by Gasteiger charge is -2.26.